The van der Waals surface area contributed by atoms with Crippen LogP contribution in [0.5, 0.6) is 0 Å². The second-order valence-corrected chi connectivity index (χ2v) is 1.79. The third kappa shape index (κ3) is 6.82. The summed E-state index contributed by atoms with van der Waals surface area (Å²) >= 11 is 3.59. The predicted octanol–water partition coefficient (Wildman–Crippen LogP) is -2.49. The van der Waals surface area contributed by atoms with Gasteiger partial charge in [-0.1, -0.05) is 0 Å². The molecule has 38 valence electrons. The molecule has 0 amide bonds. The van der Waals surface area contributed by atoms with Crippen LogP contribution in [-0.4, -0.2) is 16.3 Å². The molecular weight excluding hydrogens is 123 g/mol. The van der Waals surface area contributed by atoms with Crippen LogP contribution in [0.15, 0.2) is 0 Å². The van der Waals surface area contributed by atoms with Crippen molar-refractivity contribution in [1.29, 1.82) is 0 Å². The fraction of sp³-hybridized carbons (Fsp3) is 0.667. The van der Waals surface area contributed by atoms with Crippen LogP contribution in [0.25, 0.3) is 0 Å². The Morgan fingerprint density at radius 3 is 2.14 bits per heavy atom. The van der Waals surface area contributed by atoms with Gasteiger partial charge in [0.25, 0.3) is 0 Å². The molecule has 0 aliphatic carbocycles. The summed E-state index contributed by atoms with van der Waals surface area (Å²) in [7, 11) is 0. The van der Waals surface area contributed by atoms with Gasteiger partial charge in [0.05, 0.1) is 5.25 Å². The third-order valence-electron chi connectivity index (χ3n) is 0.357. The van der Waals surface area contributed by atoms with E-state index in [0.29, 0.717) is 0 Å². The van der Waals surface area contributed by atoms with E-state index in [9.17, 15) is 4.79 Å². The third-order valence-corrected chi connectivity index (χ3v) is 0.578. The average Bonchev–Trinajstić information content (AvgIpc) is 1.36. The fourth-order valence-corrected chi connectivity index (χ4v) is 0. The van der Waals surface area contributed by atoms with E-state index in [1.165, 1.54) is 6.92 Å². The van der Waals surface area contributed by atoms with E-state index < -0.39 is 11.2 Å². The maximum atomic E-state index is 9.62. The maximum absolute atomic E-state index is 9.62. The van der Waals surface area contributed by atoms with Gasteiger partial charge in [0.1, 0.15) is 0 Å². The number of thiol groups is 1. The molecule has 0 aliphatic heterocycles. The Balaban J connectivity index is -0.000000125. The van der Waals surface area contributed by atoms with Crippen LogP contribution in [0.1, 0.15) is 8.35 Å². The Morgan fingerprint density at radius 2 is 2.14 bits per heavy atom. The van der Waals surface area contributed by atoms with Crippen molar-refractivity contribution in [3.63, 3.8) is 0 Å². The molecule has 0 rings (SSSR count). The van der Waals surface area contributed by atoms with Crippen molar-refractivity contribution < 1.29 is 40.9 Å². The van der Waals surface area contributed by atoms with Gasteiger partial charge >= 0.3 is 35.5 Å². The van der Waals surface area contributed by atoms with Crippen molar-refractivity contribution in [3.8, 4) is 0 Å². The van der Waals surface area contributed by atoms with Crippen molar-refractivity contribution >= 4 is 18.6 Å². The number of hydrogen-bond acceptors (Lipinski definition) is 2. The van der Waals surface area contributed by atoms with Crippen molar-refractivity contribution in [2.24, 2.45) is 0 Å². The molecule has 0 saturated heterocycles. The van der Waals surface area contributed by atoms with E-state index in [1.54, 1.807) is 0 Å². The number of carbonyl (C=O) groups is 1. The molecule has 1 unspecified atom stereocenters. The Hall–Kier alpha value is 0.820. The minimum Gasteiger partial charge on any atom is -1.00 e. The molecule has 0 aromatic heterocycles. The standard InChI is InChI=1S/C3H6O2S.Na.H/c1-2(6)3(4)5;;/h2,6H,1H3,(H,4,5);;/q;+1;-1. The first-order chi connectivity index (χ1) is 2.64. The van der Waals surface area contributed by atoms with Gasteiger partial charge in [0.2, 0.25) is 0 Å². The van der Waals surface area contributed by atoms with Crippen molar-refractivity contribution in [1.82, 2.24) is 0 Å². The first kappa shape index (κ1) is 10.7. The van der Waals surface area contributed by atoms with Crippen molar-refractivity contribution in [2.45, 2.75) is 12.2 Å². The minimum atomic E-state index is -0.877. The zero-order valence-corrected chi connectivity index (χ0v) is 7.27. The summed E-state index contributed by atoms with van der Waals surface area (Å²) in [5.74, 6) is -0.877. The molecule has 0 aromatic rings. The normalized spacial score (nSPS) is 11.7. The number of aliphatic carboxylic acids is 1. The molecule has 0 spiro atoms. The van der Waals surface area contributed by atoms with Gasteiger partial charge in [-0.2, -0.15) is 12.6 Å². The summed E-state index contributed by atoms with van der Waals surface area (Å²) in [5.41, 5.74) is 0. The van der Waals surface area contributed by atoms with Crippen LogP contribution in [0.3, 0.4) is 0 Å². The van der Waals surface area contributed by atoms with Crippen LogP contribution in [0.4, 0.5) is 0 Å². The Kier molecular flexibility index (Phi) is 7.62. The molecule has 4 heteroatoms. The van der Waals surface area contributed by atoms with Crippen molar-refractivity contribution in [2.75, 3.05) is 0 Å². The van der Waals surface area contributed by atoms with E-state index in [2.05, 4.69) is 12.6 Å². The molecule has 0 heterocycles. The zero-order valence-electron chi connectivity index (χ0n) is 5.38. The zero-order chi connectivity index (χ0) is 5.15. The minimum absolute atomic E-state index is 0. The van der Waals surface area contributed by atoms with Crippen LogP contribution in [0, 0.1) is 0 Å². The van der Waals surface area contributed by atoms with Crippen LogP contribution in [0.2, 0.25) is 0 Å². The Bertz CT molecular complexity index is 68.3. The van der Waals surface area contributed by atoms with Gasteiger partial charge < -0.3 is 6.53 Å². The maximum Gasteiger partial charge on any atom is 1.00 e. The predicted molar refractivity (Wildman–Crippen MR) is 27.2 cm³/mol. The first-order valence-corrected chi connectivity index (χ1v) is 2.07. The molecular formula is C3H7NaO2S. The topological polar surface area (TPSA) is 37.3 Å². The Labute approximate surface area is 71.5 Å². The molecule has 1 atom stereocenters. The number of hydrogen-bond donors (Lipinski definition) is 2. The summed E-state index contributed by atoms with van der Waals surface area (Å²) in [6, 6.07) is 0. The second kappa shape index (κ2) is 4.97. The largest absolute Gasteiger partial charge is 1.00 e. The molecule has 2 nitrogen and oxygen atoms in total. The van der Waals surface area contributed by atoms with Gasteiger partial charge in [-0.3, -0.25) is 4.79 Å². The Morgan fingerprint density at radius 1 is 2.00 bits per heavy atom. The molecule has 0 bridgehead atoms. The van der Waals surface area contributed by atoms with Gasteiger partial charge in [-0.05, 0) is 6.92 Å². The van der Waals surface area contributed by atoms with E-state index in [0.717, 1.165) is 0 Å². The van der Waals surface area contributed by atoms with Crippen molar-refractivity contribution in [3.05, 3.63) is 0 Å². The van der Waals surface area contributed by atoms with Gasteiger partial charge in [-0.15, -0.1) is 0 Å². The monoisotopic (exact) mass is 130 g/mol. The summed E-state index contributed by atoms with van der Waals surface area (Å²) in [6.07, 6.45) is 0. The molecule has 0 aliphatic rings. The average molecular weight is 130 g/mol. The molecule has 0 aromatic carbocycles. The smallest absolute Gasteiger partial charge is 1.00 e. The second-order valence-electron chi connectivity index (χ2n) is 1.01. The SMILES string of the molecule is CC(S)C(=O)O.[H-].[Na+]. The van der Waals surface area contributed by atoms with Gasteiger partial charge in [-0.25, -0.2) is 0 Å². The number of carboxylic acid groups (broad SMARTS) is 1. The van der Waals surface area contributed by atoms with Crippen LogP contribution in [-0.2, 0) is 4.79 Å². The van der Waals surface area contributed by atoms with Crippen LogP contribution >= 0.6 is 12.6 Å². The van der Waals surface area contributed by atoms with Gasteiger partial charge in [0.15, 0.2) is 0 Å². The number of rotatable bonds is 1. The van der Waals surface area contributed by atoms with E-state index in [4.69, 9.17) is 5.11 Å². The van der Waals surface area contributed by atoms with E-state index in [-0.39, 0.29) is 31.0 Å². The fourth-order valence-electron chi connectivity index (χ4n) is 0. The first-order valence-electron chi connectivity index (χ1n) is 1.55. The summed E-state index contributed by atoms with van der Waals surface area (Å²) in [4.78, 5) is 9.62. The molecule has 0 radical (unpaired) electrons. The molecule has 1 N–H and O–H groups in total. The molecule has 0 saturated carbocycles. The van der Waals surface area contributed by atoms with E-state index in [1.807, 2.05) is 0 Å². The molecule has 0 fully saturated rings. The quantitative estimate of drug-likeness (QED) is 0.304. The van der Waals surface area contributed by atoms with Gasteiger partial charge in [0, 0.05) is 0 Å². The van der Waals surface area contributed by atoms with E-state index >= 15 is 0 Å². The van der Waals surface area contributed by atoms with Crippen LogP contribution < -0.4 is 29.6 Å². The summed E-state index contributed by atoms with van der Waals surface area (Å²) in [6.45, 7) is 1.51. The summed E-state index contributed by atoms with van der Waals surface area (Å²) in [5, 5.41) is 7.38. The number of carboxylic acids is 1. The molecule has 7 heavy (non-hydrogen) atoms. The summed E-state index contributed by atoms with van der Waals surface area (Å²) < 4.78 is 0.